The molecule has 0 fully saturated rings. The maximum absolute atomic E-state index is 15.1. The van der Waals surface area contributed by atoms with Crippen LogP contribution >= 0.6 is 0 Å². The third-order valence-electron chi connectivity index (χ3n) is 5.19. The highest BCUT2D eigenvalue weighted by Gasteiger charge is 2.09. The first-order chi connectivity index (χ1) is 14.6. The summed E-state index contributed by atoms with van der Waals surface area (Å²) in [5.41, 5.74) is 3.73. The van der Waals surface area contributed by atoms with Crippen molar-refractivity contribution >= 4 is 10.8 Å². The molecule has 4 rings (SSSR count). The Morgan fingerprint density at radius 1 is 0.767 bits per heavy atom. The van der Waals surface area contributed by atoms with Crippen LogP contribution < -0.4 is 4.74 Å². The summed E-state index contributed by atoms with van der Waals surface area (Å²) in [7, 11) is 0. The fraction of sp³-hybridized carbons (Fsp3) is 0.111. The normalized spacial score (nSPS) is 10.9. The molecule has 0 saturated heterocycles. The summed E-state index contributed by atoms with van der Waals surface area (Å²) in [5.74, 6) is 0.344. The van der Waals surface area contributed by atoms with Gasteiger partial charge in [0.15, 0.2) is 0 Å². The number of halogens is 2. The van der Waals surface area contributed by atoms with Gasteiger partial charge in [-0.05, 0) is 70.8 Å². The van der Waals surface area contributed by atoms with E-state index in [2.05, 4.69) is 6.58 Å². The van der Waals surface area contributed by atoms with Gasteiger partial charge in [0, 0.05) is 5.39 Å². The van der Waals surface area contributed by atoms with E-state index in [0.717, 1.165) is 27.8 Å². The van der Waals surface area contributed by atoms with Crippen molar-refractivity contribution in [3.8, 4) is 16.9 Å². The van der Waals surface area contributed by atoms with Crippen molar-refractivity contribution in [2.75, 3.05) is 6.61 Å². The highest BCUT2D eigenvalue weighted by Crippen LogP contribution is 2.29. The van der Waals surface area contributed by atoms with Crippen LogP contribution in [-0.2, 0) is 12.8 Å². The van der Waals surface area contributed by atoms with Crippen molar-refractivity contribution in [1.29, 1.82) is 0 Å². The number of fused-ring (bicyclic) bond motifs is 1. The lowest BCUT2D eigenvalue weighted by Gasteiger charge is -2.10. The van der Waals surface area contributed by atoms with Gasteiger partial charge >= 0.3 is 0 Å². The monoisotopic (exact) mass is 400 g/mol. The molecule has 0 unspecified atom stereocenters. The number of ether oxygens (including phenoxy) is 1. The zero-order valence-electron chi connectivity index (χ0n) is 16.6. The Morgan fingerprint density at radius 2 is 1.50 bits per heavy atom. The van der Waals surface area contributed by atoms with E-state index in [-0.39, 0.29) is 11.6 Å². The van der Waals surface area contributed by atoms with Crippen molar-refractivity contribution in [1.82, 2.24) is 0 Å². The molecule has 0 aliphatic rings. The van der Waals surface area contributed by atoms with Crippen LogP contribution in [0, 0.1) is 11.6 Å². The number of benzene rings is 4. The van der Waals surface area contributed by atoms with E-state index in [4.69, 9.17) is 4.74 Å². The third kappa shape index (κ3) is 4.41. The second kappa shape index (κ2) is 8.91. The zero-order chi connectivity index (χ0) is 20.9. The van der Waals surface area contributed by atoms with Crippen LogP contribution in [0.15, 0.2) is 91.5 Å². The molecule has 0 N–H and O–H groups in total. The maximum atomic E-state index is 15.1. The molecule has 0 atom stereocenters. The van der Waals surface area contributed by atoms with Crippen LogP contribution in [0.1, 0.15) is 11.1 Å². The Bertz CT molecular complexity index is 1160. The molecule has 0 bridgehead atoms. The molecule has 150 valence electrons. The lowest BCUT2D eigenvalue weighted by atomic mass is 9.97. The fourth-order valence-electron chi connectivity index (χ4n) is 3.54. The average Bonchev–Trinajstić information content (AvgIpc) is 2.78. The Morgan fingerprint density at radius 3 is 2.23 bits per heavy atom. The molecule has 0 radical (unpaired) electrons. The molecule has 4 aromatic rings. The van der Waals surface area contributed by atoms with Crippen molar-refractivity contribution in [2.24, 2.45) is 0 Å². The second-order valence-electron chi connectivity index (χ2n) is 7.23. The van der Waals surface area contributed by atoms with Crippen molar-refractivity contribution < 1.29 is 13.5 Å². The van der Waals surface area contributed by atoms with Crippen LogP contribution in [0.4, 0.5) is 8.78 Å². The molecule has 30 heavy (non-hydrogen) atoms. The lowest BCUT2D eigenvalue weighted by Crippen LogP contribution is -1.96. The largest absolute Gasteiger partial charge is 0.490 e. The van der Waals surface area contributed by atoms with Gasteiger partial charge in [0.2, 0.25) is 0 Å². The number of aryl methyl sites for hydroxylation is 2. The lowest BCUT2D eigenvalue weighted by molar-refractivity contribution is 0.363. The van der Waals surface area contributed by atoms with E-state index in [1.54, 1.807) is 18.2 Å². The molecule has 0 aliphatic heterocycles. The smallest absolute Gasteiger partial charge is 0.134 e. The highest BCUT2D eigenvalue weighted by molar-refractivity contribution is 5.88. The molecule has 0 heterocycles. The fourth-order valence-corrected chi connectivity index (χ4v) is 3.54. The van der Waals surface area contributed by atoms with Crippen LogP contribution in [0.25, 0.3) is 21.9 Å². The quantitative estimate of drug-likeness (QED) is 0.300. The summed E-state index contributed by atoms with van der Waals surface area (Å²) < 4.78 is 33.6. The molecular weight excluding hydrogens is 378 g/mol. The molecule has 0 saturated carbocycles. The summed E-state index contributed by atoms with van der Waals surface area (Å²) in [6.07, 6.45) is 2.95. The highest BCUT2D eigenvalue weighted by atomic mass is 19.1. The first-order valence-corrected chi connectivity index (χ1v) is 9.94. The number of rotatable bonds is 7. The second-order valence-corrected chi connectivity index (χ2v) is 7.23. The van der Waals surface area contributed by atoms with E-state index in [1.807, 2.05) is 54.6 Å². The molecule has 3 heteroatoms. The zero-order valence-corrected chi connectivity index (χ0v) is 16.6. The minimum Gasteiger partial charge on any atom is -0.490 e. The molecule has 1 nitrogen and oxygen atoms in total. The molecule has 0 aliphatic carbocycles. The Labute approximate surface area is 175 Å². The van der Waals surface area contributed by atoms with Gasteiger partial charge in [-0.15, -0.1) is 0 Å². The van der Waals surface area contributed by atoms with Gasteiger partial charge in [-0.1, -0.05) is 61.2 Å². The Kier molecular flexibility index (Phi) is 5.89. The standard InChI is InChI=1S/C27H22F2O/c1-2-17-30-25-14-9-20(10-15-25)22-11-16-26-23(18-22)8-7-21(27(26)29)6-3-19-4-12-24(28)13-5-19/h2,4-5,7-16,18H,1,3,6,17H2. The molecule has 0 aromatic heterocycles. The molecule has 4 aromatic carbocycles. The summed E-state index contributed by atoms with van der Waals surface area (Å²) in [5, 5.41) is 1.48. The van der Waals surface area contributed by atoms with E-state index in [1.165, 1.54) is 12.1 Å². The van der Waals surface area contributed by atoms with Crippen LogP contribution in [0.3, 0.4) is 0 Å². The van der Waals surface area contributed by atoms with Crippen molar-refractivity contribution in [3.63, 3.8) is 0 Å². The van der Waals surface area contributed by atoms with Crippen molar-refractivity contribution in [2.45, 2.75) is 12.8 Å². The number of hydrogen-bond acceptors (Lipinski definition) is 1. The Hall–Kier alpha value is -3.46. The number of hydrogen-bond donors (Lipinski definition) is 0. The summed E-state index contributed by atoms with van der Waals surface area (Å²) in [6, 6.07) is 23.8. The van der Waals surface area contributed by atoms with E-state index >= 15 is 4.39 Å². The van der Waals surface area contributed by atoms with Gasteiger partial charge in [-0.25, -0.2) is 8.78 Å². The van der Waals surface area contributed by atoms with Gasteiger partial charge in [-0.2, -0.15) is 0 Å². The SMILES string of the molecule is C=CCOc1ccc(-c2ccc3c(F)c(CCc4ccc(F)cc4)ccc3c2)cc1. The third-order valence-corrected chi connectivity index (χ3v) is 5.19. The summed E-state index contributed by atoms with van der Waals surface area (Å²) >= 11 is 0. The molecule has 0 spiro atoms. The van der Waals surface area contributed by atoms with E-state index in [9.17, 15) is 4.39 Å². The Balaban J connectivity index is 1.54. The summed E-state index contributed by atoms with van der Waals surface area (Å²) in [6.45, 7) is 4.11. The predicted octanol–water partition coefficient (Wildman–Crippen LogP) is 7.14. The van der Waals surface area contributed by atoms with Gasteiger partial charge in [0.1, 0.15) is 24.0 Å². The van der Waals surface area contributed by atoms with Crippen molar-refractivity contribution in [3.05, 3.63) is 114 Å². The maximum Gasteiger partial charge on any atom is 0.134 e. The first-order valence-electron chi connectivity index (χ1n) is 9.94. The van der Waals surface area contributed by atoms with Crippen LogP contribution in [0.2, 0.25) is 0 Å². The van der Waals surface area contributed by atoms with Crippen LogP contribution in [0.5, 0.6) is 5.75 Å². The minimum absolute atomic E-state index is 0.186. The average molecular weight is 400 g/mol. The topological polar surface area (TPSA) is 9.23 Å². The summed E-state index contributed by atoms with van der Waals surface area (Å²) in [4.78, 5) is 0. The van der Waals surface area contributed by atoms with Gasteiger partial charge in [0.25, 0.3) is 0 Å². The van der Waals surface area contributed by atoms with Gasteiger partial charge in [-0.3, -0.25) is 0 Å². The molecule has 0 amide bonds. The van der Waals surface area contributed by atoms with E-state index in [0.29, 0.717) is 30.4 Å². The molecular formula is C27H22F2O. The first kappa shape index (κ1) is 19.8. The van der Waals surface area contributed by atoms with E-state index < -0.39 is 0 Å². The predicted molar refractivity (Wildman–Crippen MR) is 119 cm³/mol. The van der Waals surface area contributed by atoms with Crippen LogP contribution in [-0.4, -0.2) is 6.61 Å². The minimum atomic E-state index is -0.259. The van der Waals surface area contributed by atoms with Gasteiger partial charge < -0.3 is 4.74 Å². The van der Waals surface area contributed by atoms with Gasteiger partial charge in [0.05, 0.1) is 0 Å².